The zero-order valence-corrected chi connectivity index (χ0v) is 13.7. The van der Waals surface area contributed by atoms with E-state index in [-0.39, 0.29) is 12.3 Å². The van der Waals surface area contributed by atoms with Crippen LogP contribution < -0.4 is 10.1 Å². The molecule has 0 spiro atoms. The zero-order valence-electron chi connectivity index (χ0n) is 13.7. The summed E-state index contributed by atoms with van der Waals surface area (Å²) in [6.07, 6.45) is 0.844. The van der Waals surface area contributed by atoms with Gasteiger partial charge in [0.25, 0.3) is 5.91 Å². The van der Waals surface area contributed by atoms with Crippen molar-refractivity contribution < 1.29 is 28.9 Å². The van der Waals surface area contributed by atoms with Crippen molar-refractivity contribution in [3.63, 3.8) is 0 Å². The molecule has 1 amide bonds. The Hall–Kier alpha value is -2.12. The molecule has 0 aromatic heterocycles. The Bertz CT molecular complexity index is 568. The number of hydrogen-bond donors (Lipinski definition) is 2. The second-order valence-corrected chi connectivity index (χ2v) is 5.79. The van der Waals surface area contributed by atoms with E-state index in [2.05, 4.69) is 5.32 Å². The van der Waals surface area contributed by atoms with E-state index < -0.39 is 11.5 Å². The van der Waals surface area contributed by atoms with E-state index in [9.17, 15) is 9.59 Å². The third kappa shape index (κ3) is 5.21. The van der Waals surface area contributed by atoms with Crippen molar-refractivity contribution in [2.24, 2.45) is 0 Å². The monoisotopic (exact) mass is 337 g/mol. The molecule has 7 heteroatoms. The van der Waals surface area contributed by atoms with Gasteiger partial charge in [0.1, 0.15) is 12.4 Å². The lowest BCUT2D eigenvalue weighted by Gasteiger charge is -2.36. The lowest BCUT2D eigenvalue weighted by molar-refractivity contribution is -0.139. The number of ether oxygens (including phenoxy) is 3. The summed E-state index contributed by atoms with van der Waals surface area (Å²) in [6, 6.07) is 6.80. The quantitative estimate of drug-likeness (QED) is 0.698. The molecule has 24 heavy (non-hydrogen) atoms. The van der Waals surface area contributed by atoms with E-state index in [1.165, 1.54) is 0 Å². The van der Waals surface area contributed by atoms with Gasteiger partial charge >= 0.3 is 5.97 Å². The maximum absolute atomic E-state index is 12.6. The largest absolute Gasteiger partial charge is 0.491 e. The first-order valence-corrected chi connectivity index (χ1v) is 7.88. The van der Waals surface area contributed by atoms with Crippen LogP contribution in [0.3, 0.4) is 0 Å². The summed E-state index contributed by atoms with van der Waals surface area (Å²) >= 11 is 0. The molecule has 2 N–H and O–H groups in total. The van der Waals surface area contributed by atoms with Gasteiger partial charge < -0.3 is 24.6 Å². The van der Waals surface area contributed by atoms with Crippen LogP contribution in [0.1, 0.15) is 29.6 Å². The molecule has 1 saturated heterocycles. The predicted molar refractivity (Wildman–Crippen MR) is 86.3 cm³/mol. The average Bonchev–Trinajstić information content (AvgIpc) is 2.55. The minimum Gasteiger partial charge on any atom is -0.491 e. The Labute approximate surface area is 140 Å². The van der Waals surface area contributed by atoms with E-state index in [1.54, 1.807) is 31.4 Å². The number of methoxy groups -OCH3 is 1. The molecule has 1 aliphatic heterocycles. The molecule has 132 valence electrons. The van der Waals surface area contributed by atoms with Gasteiger partial charge in [0.05, 0.1) is 18.6 Å². The fourth-order valence-corrected chi connectivity index (χ4v) is 2.68. The first kappa shape index (κ1) is 18.2. The van der Waals surface area contributed by atoms with Crippen LogP contribution >= 0.6 is 0 Å². The van der Waals surface area contributed by atoms with Crippen molar-refractivity contribution in [3.05, 3.63) is 29.8 Å². The smallest absolute Gasteiger partial charge is 0.305 e. The highest BCUT2D eigenvalue weighted by atomic mass is 16.5. The van der Waals surface area contributed by atoms with Gasteiger partial charge in [-0.15, -0.1) is 0 Å². The molecule has 0 unspecified atom stereocenters. The Kier molecular flexibility index (Phi) is 6.57. The Morgan fingerprint density at radius 3 is 2.71 bits per heavy atom. The fourth-order valence-electron chi connectivity index (χ4n) is 2.68. The van der Waals surface area contributed by atoms with Crippen molar-refractivity contribution >= 4 is 11.9 Å². The lowest BCUT2D eigenvalue weighted by atomic mass is 9.86. The van der Waals surface area contributed by atoms with E-state index in [1.807, 2.05) is 0 Å². The van der Waals surface area contributed by atoms with Crippen LogP contribution in [0.25, 0.3) is 0 Å². The summed E-state index contributed by atoms with van der Waals surface area (Å²) < 4.78 is 15.7. The van der Waals surface area contributed by atoms with Crippen molar-refractivity contribution in [1.82, 2.24) is 5.32 Å². The van der Waals surface area contributed by atoms with Gasteiger partial charge in [-0.05, 0) is 31.0 Å². The van der Waals surface area contributed by atoms with Gasteiger partial charge in [-0.3, -0.25) is 9.59 Å². The Balaban J connectivity index is 2.06. The summed E-state index contributed by atoms with van der Waals surface area (Å²) in [5.74, 6) is -0.678. The molecule has 1 aliphatic rings. The fraction of sp³-hybridized carbons (Fsp3) is 0.529. The number of carboxylic acid groups (broad SMARTS) is 1. The van der Waals surface area contributed by atoms with E-state index in [0.717, 1.165) is 0 Å². The van der Waals surface area contributed by atoms with Crippen LogP contribution in [0.5, 0.6) is 5.75 Å². The summed E-state index contributed by atoms with van der Waals surface area (Å²) in [5.41, 5.74) is -0.338. The van der Waals surface area contributed by atoms with Crippen LogP contribution in [0.15, 0.2) is 24.3 Å². The molecule has 0 aliphatic carbocycles. The van der Waals surface area contributed by atoms with Crippen LogP contribution in [-0.2, 0) is 14.3 Å². The molecule has 1 fully saturated rings. The molecular formula is C17H23NO6. The zero-order chi connectivity index (χ0) is 17.4. The van der Waals surface area contributed by atoms with E-state index in [0.29, 0.717) is 50.6 Å². The molecule has 0 radical (unpaired) electrons. The molecule has 1 aromatic rings. The highest BCUT2D eigenvalue weighted by molar-refractivity contribution is 5.95. The van der Waals surface area contributed by atoms with E-state index in [4.69, 9.17) is 19.3 Å². The number of nitrogens with one attached hydrogen (secondary N) is 1. The minimum atomic E-state index is -0.936. The highest BCUT2D eigenvalue weighted by Crippen LogP contribution is 2.25. The molecule has 0 atom stereocenters. The summed E-state index contributed by atoms with van der Waals surface area (Å²) in [5, 5.41) is 12.0. The summed E-state index contributed by atoms with van der Waals surface area (Å²) in [7, 11) is 1.59. The number of benzene rings is 1. The maximum Gasteiger partial charge on any atom is 0.305 e. The van der Waals surface area contributed by atoms with Crippen LogP contribution in [0.2, 0.25) is 0 Å². The molecule has 0 bridgehead atoms. The molecule has 1 aromatic carbocycles. The molecule has 7 nitrogen and oxygen atoms in total. The second-order valence-electron chi connectivity index (χ2n) is 5.79. The molecule has 1 heterocycles. The third-order valence-corrected chi connectivity index (χ3v) is 3.97. The number of carbonyl (C=O) groups excluding carboxylic acids is 1. The van der Waals surface area contributed by atoms with Crippen molar-refractivity contribution in [2.75, 3.05) is 33.5 Å². The normalized spacial score (nSPS) is 16.4. The minimum absolute atomic E-state index is 0.119. The number of carbonyl (C=O) groups is 2. The first-order valence-electron chi connectivity index (χ1n) is 7.88. The van der Waals surface area contributed by atoms with Crippen LogP contribution in [0, 0.1) is 0 Å². The summed E-state index contributed by atoms with van der Waals surface area (Å²) in [6.45, 7) is 1.72. The highest BCUT2D eigenvalue weighted by Gasteiger charge is 2.36. The first-order chi connectivity index (χ1) is 11.5. The second kappa shape index (κ2) is 8.65. The van der Waals surface area contributed by atoms with E-state index >= 15 is 0 Å². The van der Waals surface area contributed by atoms with Crippen LogP contribution in [-0.4, -0.2) is 56.1 Å². The van der Waals surface area contributed by atoms with Gasteiger partial charge in [-0.25, -0.2) is 0 Å². The lowest BCUT2D eigenvalue weighted by Crippen LogP contribution is -2.53. The third-order valence-electron chi connectivity index (χ3n) is 3.97. The number of aliphatic carboxylic acids is 1. The van der Waals surface area contributed by atoms with Gasteiger partial charge in [0, 0.05) is 25.9 Å². The topological polar surface area (TPSA) is 94.1 Å². The van der Waals surface area contributed by atoms with Gasteiger partial charge in [-0.2, -0.15) is 0 Å². The van der Waals surface area contributed by atoms with Crippen LogP contribution in [0.4, 0.5) is 0 Å². The van der Waals surface area contributed by atoms with Crippen molar-refractivity contribution in [3.8, 4) is 5.75 Å². The number of carboxylic acids is 1. The van der Waals surface area contributed by atoms with Gasteiger partial charge in [0.2, 0.25) is 0 Å². The molecule has 2 rings (SSSR count). The average molecular weight is 337 g/mol. The predicted octanol–water partition coefficient (Wildman–Crippen LogP) is 1.47. The van der Waals surface area contributed by atoms with Gasteiger partial charge in [0.15, 0.2) is 0 Å². The Morgan fingerprint density at radius 2 is 2.04 bits per heavy atom. The summed E-state index contributed by atoms with van der Waals surface area (Å²) in [4.78, 5) is 23.7. The number of rotatable bonds is 8. The van der Waals surface area contributed by atoms with Crippen molar-refractivity contribution in [1.29, 1.82) is 0 Å². The van der Waals surface area contributed by atoms with Crippen molar-refractivity contribution in [2.45, 2.75) is 24.8 Å². The SMILES string of the molecule is COCCOc1cccc(C(=O)NC2(CC(=O)O)CCOCC2)c1. The Morgan fingerprint density at radius 1 is 1.29 bits per heavy atom. The van der Waals surface area contributed by atoms with Gasteiger partial charge in [-0.1, -0.05) is 6.07 Å². The standard InChI is InChI=1S/C17H23NO6/c1-22-9-10-24-14-4-2-3-13(11-14)16(21)18-17(12-15(19)20)5-7-23-8-6-17/h2-4,11H,5-10,12H2,1H3,(H,18,21)(H,19,20). The maximum atomic E-state index is 12.6. The number of hydrogen-bond acceptors (Lipinski definition) is 5. The number of amides is 1. The molecular weight excluding hydrogens is 314 g/mol. The molecule has 0 saturated carbocycles.